The number of unbranched alkanes of at least 4 members (excludes halogenated alkanes) is 2. The molecule has 0 amide bonds. The monoisotopic (exact) mass is 648 g/mol. The minimum Gasteiger partial charge on any atom is -0.463 e. The maximum absolute atomic E-state index is 15.0. The molecule has 0 aliphatic heterocycles. The predicted molar refractivity (Wildman–Crippen MR) is 168 cm³/mol. The van der Waals surface area contributed by atoms with Crippen LogP contribution in [0.1, 0.15) is 53.5 Å². The van der Waals surface area contributed by atoms with E-state index < -0.39 is 35.3 Å². The molecule has 3 aromatic rings. The van der Waals surface area contributed by atoms with Crippen molar-refractivity contribution in [2.45, 2.75) is 44.8 Å². The topological polar surface area (TPSA) is 71.1 Å². The Bertz CT molecular complexity index is 1670. The standard InChI is InChI=1S/C37H32F4O6/c1-4-34(42)44-24-10-6-8-12-28-14-18-30(19-15-28)36(38,39)46-32-22-23-33(27(3)26-32)47-37(40,41)31-20-16-29(17-21-31)13-9-7-11-25-45-35(43)5-2/h4-5,14-23,26H,1-2,6-7,10-11,24-25H2,3H3. The van der Waals surface area contributed by atoms with Crippen molar-refractivity contribution in [2.24, 2.45) is 0 Å². The smallest absolute Gasteiger partial charge is 0.426 e. The Morgan fingerprint density at radius 2 is 1.15 bits per heavy atom. The van der Waals surface area contributed by atoms with E-state index in [1.165, 1.54) is 61.5 Å². The van der Waals surface area contributed by atoms with Gasteiger partial charge in [-0.15, -0.1) is 0 Å². The van der Waals surface area contributed by atoms with Crippen molar-refractivity contribution in [2.75, 3.05) is 13.2 Å². The minimum absolute atomic E-state index is 0.157. The lowest BCUT2D eigenvalue weighted by Crippen LogP contribution is -2.23. The molecule has 0 radical (unpaired) electrons. The Hall–Kier alpha value is -5.48. The average molecular weight is 649 g/mol. The molecule has 0 N–H and O–H groups in total. The lowest BCUT2D eigenvalue weighted by Gasteiger charge is -2.21. The highest BCUT2D eigenvalue weighted by Gasteiger charge is 2.36. The number of hydrogen-bond acceptors (Lipinski definition) is 6. The van der Waals surface area contributed by atoms with Crippen LogP contribution >= 0.6 is 0 Å². The van der Waals surface area contributed by atoms with Gasteiger partial charge in [-0.25, -0.2) is 9.59 Å². The lowest BCUT2D eigenvalue weighted by atomic mass is 10.1. The van der Waals surface area contributed by atoms with Gasteiger partial charge in [-0.2, -0.15) is 17.6 Å². The van der Waals surface area contributed by atoms with Crippen LogP contribution in [0.15, 0.2) is 92.0 Å². The van der Waals surface area contributed by atoms with E-state index in [1.54, 1.807) is 0 Å². The highest BCUT2D eigenvalue weighted by atomic mass is 19.3. The summed E-state index contributed by atoms with van der Waals surface area (Å²) in [6.07, 6.45) is -3.39. The van der Waals surface area contributed by atoms with Crippen LogP contribution in [0.5, 0.6) is 11.5 Å². The van der Waals surface area contributed by atoms with Gasteiger partial charge in [0.05, 0.1) is 24.3 Å². The number of halogens is 4. The first kappa shape index (κ1) is 36.0. The van der Waals surface area contributed by atoms with Crippen molar-refractivity contribution in [3.8, 4) is 35.2 Å². The molecule has 0 saturated carbocycles. The SMILES string of the molecule is C=CC(=O)OCCCC#Cc1ccc(C(F)(F)Oc2ccc(OC(F)(F)c3ccc(C#CCCCOC(=O)C=C)cc3)c(C)c2)cc1. The van der Waals surface area contributed by atoms with Crippen molar-refractivity contribution in [1.29, 1.82) is 0 Å². The molecule has 47 heavy (non-hydrogen) atoms. The number of carbonyl (C=O) groups is 2. The van der Waals surface area contributed by atoms with E-state index in [9.17, 15) is 27.2 Å². The first-order valence-corrected chi connectivity index (χ1v) is 14.4. The first-order chi connectivity index (χ1) is 22.4. The zero-order valence-electron chi connectivity index (χ0n) is 25.6. The van der Waals surface area contributed by atoms with E-state index in [2.05, 4.69) is 36.8 Å². The van der Waals surface area contributed by atoms with Gasteiger partial charge in [-0.05, 0) is 92.1 Å². The van der Waals surface area contributed by atoms with Gasteiger partial charge in [0, 0.05) is 36.1 Å². The van der Waals surface area contributed by atoms with Gasteiger partial charge < -0.3 is 18.9 Å². The summed E-state index contributed by atoms with van der Waals surface area (Å²) in [4.78, 5) is 22.0. The molecule has 0 aromatic heterocycles. The lowest BCUT2D eigenvalue weighted by molar-refractivity contribution is -0.188. The Labute approximate surface area is 271 Å². The largest absolute Gasteiger partial charge is 0.463 e. The molecule has 3 aromatic carbocycles. The second-order valence-corrected chi connectivity index (χ2v) is 9.87. The van der Waals surface area contributed by atoms with Crippen LogP contribution in [-0.2, 0) is 31.3 Å². The van der Waals surface area contributed by atoms with Gasteiger partial charge >= 0.3 is 24.2 Å². The number of rotatable bonds is 14. The normalized spacial score (nSPS) is 10.7. The number of aryl methyl sites for hydroxylation is 1. The number of hydrogen-bond donors (Lipinski definition) is 0. The van der Waals surface area contributed by atoms with Crippen molar-refractivity contribution < 1.29 is 46.1 Å². The van der Waals surface area contributed by atoms with Crippen LogP contribution in [0.3, 0.4) is 0 Å². The van der Waals surface area contributed by atoms with E-state index in [4.69, 9.17) is 18.9 Å². The van der Waals surface area contributed by atoms with Crippen LogP contribution in [-0.4, -0.2) is 25.2 Å². The zero-order chi connectivity index (χ0) is 34.3. The second-order valence-electron chi connectivity index (χ2n) is 9.87. The molecule has 10 heteroatoms. The number of ether oxygens (including phenoxy) is 4. The fourth-order valence-electron chi connectivity index (χ4n) is 3.81. The highest BCUT2D eigenvalue weighted by molar-refractivity contribution is 5.81. The van der Waals surface area contributed by atoms with Crippen molar-refractivity contribution >= 4 is 11.9 Å². The van der Waals surface area contributed by atoms with Crippen molar-refractivity contribution in [3.05, 3.63) is 120 Å². The number of esters is 2. The molecule has 244 valence electrons. The first-order valence-electron chi connectivity index (χ1n) is 14.4. The summed E-state index contributed by atoms with van der Waals surface area (Å²) in [5.74, 6) is 9.97. The van der Waals surface area contributed by atoms with Crippen molar-refractivity contribution in [1.82, 2.24) is 0 Å². The molecule has 0 bridgehead atoms. The number of carbonyl (C=O) groups excluding carboxylic acids is 2. The predicted octanol–water partition coefficient (Wildman–Crippen LogP) is 7.97. The van der Waals surface area contributed by atoms with Gasteiger partial charge in [0.2, 0.25) is 0 Å². The molecule has 0 unspecified atom stereocenters. The summed E-state index contributed by atoms with van der Waals surface area (Å²) in [6.45, 7) is 8.43. The molecular formula is C37H32F4O6. The summed E-state index contributed by atoms with van der Waals surface area (Å²) in [7, 11) is 0. The zero-order valence-corrected chi connectivity index (χ0v) is 25.6. The summed E-state index contributed by atoms with van der Waals surface area (Å²) < 4.78 is 79.3. The molecule has 0 heterocycles. The van der Waals surface area contributed by atoms with E-state index in [0.717, 1.165) is 24.3 Å². The van der Waals surface area contributed by atoms with E-state index in [-0.39, 0.29) is 30.3 Å². The molecule has 6 nitrogen and oxygen atoms in total. The third-order valence-electron chi connectivity index (χ3n) is 6.25. The number of benzene rings is 3. The number of alkyl halides is 4. The third kappa shape index (κ3) is 11.8. The Morgan fingerprint density at radius 3 is 1.57 bits per heavy atom. The molecular weight excluding hydrogens is 616 g/mol. The maximum Gasteiger partial charge on any atom is 0.426 e. The molecule has 0 atom stereocenters. The van der Waals surface area contributed by atoms with Crippen molar-refractivity contribution in [3.63, 3.8) is 0 Å². The summed E-state index contributed by atoms with van der Waals surface area (Å²) in [5.41, 5.74) is 0.326. The average Bonchev–Trinajstić information content (AvgIpc) is 3.05. The van der Waals surface area contributed by atoms with Gasteiger partial charge in [-0.3, -0.25) is 0 Å². The van der Waals surface area contributed by atoms with Crippen LogP contribution in [0.2, 0.25) is 0 Å². The van der Waals surface area contributed by atoms with Gasteiger partial charge in [0.25, 0.3) is 0 Å². The van der Waals surface area contributed by atoms with Crippen LogP contribution in [0.25, 0.3) is 0 Å². The second kappa shape index (κ2) is 17.3. The summed E-state index contributed by atoms with van der Waals surface area (Å²) in [5, 5.41) is 0. The molecule has 0 aliphatic carbocycles. The van der Waals surface area contributed by atoms with E-state index >= 15 is 0 Å². The molecule has 0 spiro atoms. The molecule has 3 rings (SSSR count). The van der Waals surface area contributed by atoms with E-state index in [1.807, 2.05) is 0 Å². The maximum atomic E-state index is 15.0. The Balaban J connectivity index is 1.55. The Morgan fingerprint density at radius 1 is 0.702 bits per heavy atom. The highest BCUT2D eigenvalue weighted by Crippen LogP contribution is 2.37. The molecule has 0 aliphatic rings. The van der Waals surface area contributed by atoms with Crippen LogP contribution in [0.4, 0.5) is 17.6 Å². The van der Waals surface area contributed by atoms with E-state index in [0.29, 0.717) is 36.8 Å². The fourth-order valence-corrected chi connectivity index (χ4v) is 3.81. The summed E-state index contributed by atoms with van der Waals surface area (Å²) >= 11 is 0. The minimum atomic E-state index is -3.72. The van der Waals surface area contributed by atoms with Crippen LogP contribution in [0, 0.1) is 30.6 Å². The summed E-state index contributed by atoms with van der Waals surface area (Å²) in [6, 6.07) is 13.9. The van der Waals surface area contributed by atoms with Gasteiger partial charge in [0.15, 0.2) is 0 Å². The third-order valence-corrected chi connectivity index (χ3v) is 6.25. The quantitative estimate of drug-likeness (QED) is 0.0581. The molecule has 0 fully saturated rings. The van der Waals surface area contributed by atoms with Gasteiger partial charge in [0.1, 0.15) is 11.5 Å². The van der Waals surface area contributed by atoms with Gasteiger partial charge in [-0.1, -0.05) is 36.8 Å². The molecule has 0 saturated heterocycles. The fraction of sp³-hybridized carbons (Fsp3) is 0.243. The van der Waals surface area contributed by atoms with Crippen LogP contribution < -0.4 is 9.47 Å². The Kier molecular flexibility index (Phi) is 13.2.